The van der Waals surface area contributed by atoms with Crippen molar-refractivity contribution in [3.8, 4) is 16.9 Å². The lowest BCUT2D eigenvalue weighted by Crippen LogP contribution is -2.07. The lowest BCUT2D eigenvalue weighted by atomic mass is 10.0. The predicted octanol–water partition coefficient (Wildman–Crippen LogP) is 3.62. The number of rotatable bonds is 4. The number of benzene rings is 2. The van der Waals surface area contributed by atoms with Crippen LogP contribution in [0.3, 0.4) is 0 Å². The van der Waals surface area contributed by atoms with Crippen molar-refractivity contribution in [2.45, 2.75) is 0 Å². The summed E-state index contributed by atoms with van der Waals surface area (Å²) in [6.45, 7) is 3.46. The van der Waals surface area contributed by atoms with Crippen molar-refractivity contribution in [3.05, 3.63) is 61.3 Å². The number of nitrogens with one attached hydrogen (secondary N) is 1. The number of nitrogen functional groups attached to an aromatic ring is 1. The van der Waals surface area contributed by atoms with Crippen LogP contribution in [0, 0.1) is 0 Å². The summed E-state index contributed by atoms with van der Waals surface area (Å²) >= 11 is 0. The van der Waals surface area contributed by atoms with Crippen molar-refractivity contribution in [3.63, 3.8) is 0 Å². The van der Waals surface area contributed by atoms with Gasteiger partial charge in [-0.05, 0) is 41.5 Å². The van der Waals surface area contributed by atoms with Gasteiger partial charge in [0.1, 0.15) is 5.75 Å². The Hall–Kier alpha value is -3.34. The van der Waals surface area contributed by atoms with Crippen LogP contribution in [0.2, 0.25) is 0 Å². The van der Waals surface area contributed by atoms with E-state index in [9.17, 15) is 4.79 Å². The molecule has 3 aromatic rings. The van der Waals surface area contributed by atoms with E-state index in [1.165, 1.54) is 6.08 Å². The zero-order chi connectivity index (χ0) is 17.1. The third kappa shape index (κ3) is 3.05. The average molecular weight is 319 g/mol. The Morgan fingerprint density at radius 3 is 2.79 bits per heavy atom. The number of nitrogens with zero attached hydrogens (tertiary/aromatic N) is 1. The van der Waals surface area contributed by atoms with Gasteiger partial charge >= 0.3 is 0 Å². The number of hydrogen-bond donors (Lipinski definition) is 2. The molecule has 0 spiro atoms. The summed E-state index contributed by atoms with van der Waals surface area (Å²) in [5, 5.41) is 3.66. The summed E-state index contributed by atoms with van der Waals surface area (Å²) in [6.07, 6.45) is 2.91. The number of ether oxygens (including phenoxy) is 1. The van der Waals surface area contributed by atoms with Crippen LogP contribution >= 0.6 is 0 Å². The molecule has 0 atom stereocenters. The molecular formula is C19H17N3O2. The minimum atomic E-state index is -0.276. The number of pyridine rings is 1. The van der Waals surface area contributed by atoms with E-state index in [0.29, 0.717) is 17.1 Å². The first-order valence-electron chi connectivity index (χ1n) is 7.38. The van der Waals surface area contributed by atoms with Gasteiger partial charge in [0.15, 0.2) is 0 Å². The van der Waals surface area contributed by atoms with Gasteiger partial charge in [0, 0.05) is 29.0 Å². The molecule has 1 aromatic heterocycles. The van der Waals surface area contributed by atoms with Gasteiger partial charge in [-0.2, -0.15) is 0 Å². The van der Waals surface area contributed by atoms with Gasteiger partial charge in [-0.1, -0.05) is 18.7 Å². The fraction of sp³-hybridized carbons (Fsp3) is 0.0526. The largest absolute Gasteiger partial charge is 0.497 e. The second-order valence-electron chi connectivity index (χ2n) is 5.28. The van der Waals surface area contributed by atoms with E-state index in [4.69, 9.17) is 10.5 Å². The second-order valence-corrected chi connectivity index (χ2v) is 5.28. The summed E-state index contributed by atoms with van der Waals surface area (Å²) in [6, 6.07) is 13.2. The van der Waals surface area contributed by atoms with Crippen LogP contribution in [-0.4, -0.2) is 18.0 Å². The van der Waals surface area contributed by atoms with Crippen molar-refractivity contribution in [1.29, 1.82) is 0 Å². The van der Waals surface area contributed by atoms with Crippen LogP contribution in [0.5, 0.6) is 5.75 Å². The summed E-state index contributed by atoms with van der Waals surface area (Å²) in [7, 11) is 1.58. The van der Waals surface area contributed by atoms with Gasteiger partial charge in [-0.15, -0.1) is 0 Å². The minimum Gasteiger partial charge on any atom is -0.497 e. The van der Waals surface area contributed by atoms with Gasteiger partial charge in [0.2, 0.25) is 5.91 Å². The topological polar surface area (TPSA) is 77.2 Å². The quantitative estimate of drug-likeness (QED) is 0.720. The first kappa shape index (κ1) is 15.6. The Balaban J connectivity index is 2.09. The maximum Gasteiger partial charge on any atom is 0.247 e. The molecular weight excluding hydrogens is 302 g/mol. The first-order valence-corrected chi connectivity index (χ1v) is 7.38. The molecule has 5 heteroatoms. The highest BCUT2D eigenvalue weighted by Crippen LogP contribution is 2.31. The number of hydrogen-bond acceptors (Lipinski definition) is 4. The van der Waals surface area contributed by atoms with Gasteiger partial charge in [-0.3, -0.25) is 9.78 Å². The fourth-order valence-electron chi connectivity index (χ4n) is 2.50. The number of carbonyl (C=O) groups excluding carboxylic acids is 1. The molecule has 1 amide bonds. The monoisotopic (exact) mass is 319 g/mol. The zero-order valence-corrected chi connectivity index (χ0v) is 13.2. The number of anilines is 2. The minimum absolute atomic E-state index is 0.276. The molecule has 0 bridgehead atoms. The Labute approximate surface area is 139 Å². The van der Waals surface area contributed by atoms with Crippen LogP contribution in [-0.2, 0) is 4.79 Å². The lowest BCUT2D eigenvalue weighted by Gasteiger charge is -2.11. The van der Waals surface area contributed by atoms with Crippen LogP contribution in [0.25, 0.3) is 22.0 Å². The van der Waals surface area contributed by atoms with Gasteiger partial charge < -0.3 is 15.8 Å². The smallest absolute Gasteiger partial charge is 0.247 e. The van der Waals surface area contributed by atoms with Gasteiger partial charge in [-0.25, -0.2) is 0 Å². The molecule has 0 radical (unpaired) electrons. The number of carbonyl (C=O) groups is 1. The highest BCUT2D eigenvalue weighted by atomic mass is 16.5. The molecule has 0 saturated heterocycles. The fourth-order valence-corrected chi connectivity index (χ4v) is 2.50. The summed E-state index contributed by atoms with van der Waals surface area (Å²) in [5.41, 5.74) is 9.96. The van der Waals surface area contributed by atoms with E-state index in [2.05, 4.69) is 16.9 Å². The van der Waals surface area contributed by atoms with Crippen molar-refractivity contribution in [2.24, 2.45) is 0 Å². The molecule has 0 fully saturated rings. The predicted molar refractivity (Wildman–Crippen MR) is 97.0 cm³/mol. The molecule has 0 aliphatic rings. The summed E-state index contributed by atoms with van der Waals surface area (Å²) in [5.74, 6) is 0.370. The number of nitrogens with two attached hydrogens (primary N) is 1. The lowest BCUT2D eigenvalue weighted by molar-refractivity contribution is -0.111. The van der Waals surface area contributed by atoms with Crippen LogP contribution in [0.4, 0.5) is 11.4 Å². The Bertz CT molecular complexity index is 935. The molecule has 3 N–H and O–H groups in total. The van der Waals surface area contributed by atoms with Crippen molar-refractivity contribution in [2.75, 3.05) is 18.2 Å². The molecule has 5 nitrogen and oxygen atoms in total. The first-order chi connectivity index (χ1) is 11.6. The molecule has 0 aliphatic carbocycles. The second kappa shape index (κ2) is 6.42. The molecule has 0 unspecified atom stereocenters. The standard InChI is InChI=1S/C19H17N3O2/c1-3-19(23)22-14-8-13(9-15(11-14)24-2)12-4-5-16-17(20)6-7-21-18(16)10-12/h3-11H,1H2,2H3,(H2,20,21)(H,22,23). The molecule has 0 saturated carbocycles. The Morgan fingerprint density at radius 1 is 1.21 bits per heavy atom. The molecule has 2 aromatic carbocycles. The number of aromatic nitrogens is 1. The average Bonchev–Trinajstić information content (AvgIpc) is 2.61. The highest BCUT2D eigenvalue weighted by Gasteiger charge is 2.07. The van der Waals surface area contributed by atoms with Crippen LogP contribution in [0.1, 0.15) is 0 Å². The van der Waals surface area contributed by atoms with Crippen LogP contribution in [0.15, 0.2) is 61.3 Å². The SMILES string of the molecule is C=CC(=O)Nc1cc(OC)cc(-c2ccc3c(N)ccnc3c2)c1. The van der Waals surface area contributed by atoms with E-state index in [1.54, 1.807) is 25.4 Å². The van der Waals surface area contributed by atoms with Crippen LogP contribution < -0.4 is 15.8 Å². The number of fused-ring (bicyclic) bond motifs is 1. The number of amides is 1. The van der Waals surface area contributed by atoms with Crippen molar-refractivity contribution >= 4 is 28.2 Å². The molecule has 0 aliphatic heterocycles. The Kier molecular flexibility index (Phi) is 4.16. The van der Waals surface area contributed by atoms with Crippen molar-refractivity contribution in [1.82, 2.24) is 4.98 Å². The third-order valence-corrected chi connectivity index (χ3v) is 3.70. The van der Waals surface area contributed by atoms with E-state index < -0.39 is 0 Å². The Morgan fingerprint density at radius 2 is 2.04 bits per heavy atom. The van der Waals surface area contributed by atoms with E-state index >= 15 is 0 Å². The molecule has 1 heterocycles. The van der Waals surface area contributed by atoms with E-state index in [1.807, 2.05) is 30.3 Å². The number of methoxy groups -OCH3 is 1. The zero-order valence-electron chi connectivity index (χ0n) is 13.2. The van der Waals surface area contributed by atoms with Gasteiger partial charge in [0.25, 0.3) is 0 Å². The third-order valence-electron chi connectivity index (χ3n) is 3.70. The van der Waals surface area contributed by atoms with E-state index in [-0.39, 0.29) is 5.91 Å². The maximum atomic E-state index is 11.5. The summed E-state index contributed by atoms with van der Waals surface area (Å²) < 4.78 is 5.33. The highest BCUT2D eigenvalue weighted by molar-refractivity contribution is 5.99. The van der Waals surface area contributed by atoms with Crippen molar-refractivity contribution < 1.29 is 9.53 Å². The summed E-state index contributed by atoms with van der Waals surface area (Å²) in [4.78, 5) is 15.9. The molecule has 24 heavy (non-hydrogen) atoms. The molecule has 120 valence electrons. The normalized spacial score (nSPS) is 10.4. The van der Waals surface area contributed by atoms with E-state index in [0.717, 1.165) is 22.0 Å². The molecule has 3 rings (SSSR count). The maximum absolute atomic E-state index is 11.5. The van der Waals surface area contributed by atoms with Gasteiger partial charge in [0.05, 0.1) is 12.6 Å².